The number of likely N-dealkylation sites (tertiary alicyclic amines) is 1. The summed E-state index contributed by atoms with van der Waals surface area (Å²) in [6.45, 7) is 5.22. The molecular weight excluding hydrogens is 180 g/mol. The Morgan fingerprint density at radius 1 is 1.50 bits per heavy atom. The maximum atomic E-state index is 11.7. The van der Waals surface area contributed by atoms with Crippen LogP contribution in [0, 0.1) is 5.92 Å². The number of piperidine rings is 1. The van der Waals surface area contributed by atoms with E-state index in [0.29, 0.717) is 12.5 Å². The highest BCUT2D eigenvalue weighted by molar-refractivity contribution is 5.84. The Hall–Kier alpha value is -0.610. The van der Waals surface area contributed by atoms with Gasteiger partial charge < -0.3 is 15.7 Å². The van der Waals surface area contributed by atoms with Gasteiger partial charge >= 0.3 is 0 Å². The number of hydrogen-bond acceptors (Lipinski definition) is 3. The molecule has 3 N–H and O–H groups in total. The van der Waals surface area contributed by atoms with E-state index in [9.17, 15) is 9.90 Å². The summed E-state index contributed by atoms with van der Waals surface area (Å²) in [7, 11) is 0. The summed E-state index contributed by atoms with van der Waals surface area (Å²) in [5.41, 5.74) is 4.32. The van der Waals surface area contributed by atoms with Crippen LogP contribution < -0.4 is 5.73 Å². The second kappa shape index (κ2) is 4.28. The summed E-state index contributed by atoms with van der Waals surface area (Å²) < 4.78 is 0. The Bertz CT molecular complexity index is 203. The molecule has 1 fully saturated rings. The van der Waals surface area contributed by atoms with Crippen LogP contribution in [0.1, 0.15) is 26.7 Å². The molecule has 0 aromatic heterocycles. The SMILES string of the molecule is CC(C)(O)C(=O)N1CCC(CN)CC1. The average molecular weight is 200 g/mol. The predicted molar refractivity (Wildman–Crippen MR) is 54.7 cm³/mol. The Kier molecular flexibility index (Phi) is 3.50. The van der Waals surface area contributed by atoms with Crippen molar-refractivity contribution in [3.8, 4) is 0 Å². The summed E-state index contributed by atoms with van der Waals surface area (Å²) >= 11 is 0. The molecule has 0 aliphatic carbocycles. The zero-order valence-corrected chi connectivity index (χ0v) is 8.99. The fourth-order valence-corrected chi connectivity index (χ4v) is 1.76. The van der Waals surface area contributed by atoms with E-state index < -0.39 is 5.60 Å². The smallest absolute Gasteiger partial charge is 0.253 e. The van der Waals surface area contributed by atoms with Crippen LogP contribution in [0.5, 0.6) is 0 Å². The Labute approximate surface area is 85.1 Å². The highest BCUT2D eigenvalue weighted by Crippen LogP contribution is 2.18. The largest absolute Gasteiger partial charge is 0.381 e. The highest BCUT2D eigenvalue weighted by atomic mass is 16.3. The van der Waals surface area contributed by atoms with Crippen LogP contribution in [0.3, 0.4) is 0 Å². The van der Waals surface area contributed by atoms with Crippen molar-refractivity contribution in [2.24, 2.45) is 11.7 Å². The summed E-state index contributed by atoms with van der Waals surface area (Å²) in [4.78, 5) is 13.4. The molecule has 0 spiro atoms. The lowest BCUT2D eigenvalue weighted by atomic mass is 9.96. The van der Waals surface area contributed by atoms with Crippen molar-refractivity contribution in [2.45, 2.75) is 32.3 Å². The van der Waals surface area contributed by atoms with Crippen LogP contribution in [-0.4, -0.2) is 41.1 Å². The van der Waals surface area contributed by atoms with Gasteiger partial charge in [-0.05, 0) is 39.2 Å². The maximum absolute atomic E-state index is 11.7. The zero-order valence-electron chi connectivity index (χ0n) is 8.99. The third-order valence-electron chi connectivity index (χ3n) is 2.76. The molecule has 1 saturated heterocycles. The first kappa shape index (κ1) is 11.5. The zero-order chi connectivity index (χ0) is 10.8. The van der Waals surface area contributed by atoms with E-state index in [0.717, 1.165) is 25.9 Å². The van der Waals surface area contributed by atoms with E-state index in [2.05, 4.69) is 0 Å². The van der Waals surface area contributed by atoms with Crippen LogP contribution >= 0.6 is 0 Å². The van der Waals surface area contributed by atoms with Crippen LogP contribution in [0.25, 0.3) is 0 Å². The molecule has 1 aliphatic rings. The molecule has 4 nitrogen and oxygen atoms in total. The number of carbonyl (C=O) groups is 1. The van der Waals surface area contributed by atoms with Gasteiger partial charge in [-0.2, -0.15) is 0 Å². The van der Waals surface area contributed by atoms with E-state index >= 15 is 0 Å². The van der Waals surface area contributed by atoms with E-state index in [-0.39, 0.29) is 5.91 Å². The summed E-state index contributed by atoms with van der Waals surface area (Å²) in [5, 5.41) is 9.55. The first-order valence-electron chi connectivity index (χ1n) is 5.17. The van der Waals surface area contributed by atoms with Crippen molar-refractivity contribution in [3.63, 3.8) is 0 Å². The summed E-state index contributed by atoms with van der Waals surface area (Å²) in [5.74, 6) is 0.369. The lowest BCUT2D eigenvalue weighted by Crippen LogP contribution is -2.48. The van der Waals surface area contributed by atoms with E-state index in [4.69, 9.17) is 5.73 Å². The average Bonchev–Trinajstić information content (AvgIpc) is 2.15. The standard InChI is InChI=1S/C10H20N2O2/c1-10(2,14)9(13)12-5-3-8(7-11)4-6-12/h8,14H,3-7,11H2,1-2H3. The predicted octanol–water partition coefficient (Wildman–Crippen LogP) is -0.0454. The molecule has 4 heteroatoms. The Morgan fingerprint density at radius 3 is 2.36 bits per heavy atom. The highest BCUT2D eigenvalue weighted by Gasteiger charge is 2.31. The second-order valence-electron chi connectivity index (χ2n) is 4.53. The first-order chi connectivity index (χ1) is 6.45. The second-order valence-corrected chi connectivity index (χ2v) is 4.53. The number of hydrogen-bond donors (Lipinski definition) is 2. The Balaban J connectivity index is 2.46. The lowest BCUT2D eigenvalue weighted by molar-refractivity contribution is -0.149. The van der Waals surface area contributed by atoms with Crippen molar-refractivity contribution in [2.75, 3.05) is 19.6 Å². The van der Waals surface area contributed by atoms with E-state index in [1.165, 1.54) is 13.8 Å². The summed E-state index contributed by atoms with van der Waals surface area (Å²) in [6.07, 6.45) is 1.91. The minimum atomic E-state index is -1.24. The van der Waals surface area contributed by atoms with Gasteiger partial charge in [-0.15, -0.1) is 0 Å². The maximum Gasteiger partial charge on any atom is 0.253 e. The number of carbonyl (C=O) groups excluding carboxylic acids is 1. The molecule has 0 saturated carbocycles. The lowest BCUT2D eigenvalue weighted by Gasteiger charge is -2.34. The third kappa shape index (κ3) is 2.69. The summed E-state index contributed by atoms with van der Waals surface area (Å²) in [6, 6.07) is 0. The molecule has 0 radical (unpaired) electrons. The number of rotatable bonds is 2. The molecule has 1 heterocycles. The number of amides is 1. The van der Waals surface area contributed by atoms with Gasteiger partial charge in [-0.3, -0.25) is 4.79 Å². The van der Waals surface area contributed by atoms with Gasteiger partial charge in [0.2, 0.25) is 0 Å². The molecule has 82 valence electrons. The van der Waals surface area contributed by atoms with Gasteiger partial charge in [0.1, 0.15) is 5.60 Å². The molecule has 0 atom stereocenters. The normalized spacial score (nSPS) is 19.9. The number of aliphatic hydroxyl groups is 1. The van der Waals surface area contributed by atoms with Crippen molar-refractivity contribution < 1.29 is 9.90 Å². The molecule has 0 bridgehead atoms. The topological polar surface area (TPSA) is 66.6 Å². The first-order valence-corrected chi connectivity index (χ1v) is 5.17. The van der Waals surface area contributed by atoms with Crippen LogP contribution in [0.15, 0.2) is 0 Å². The molecule has 0 unspecified atom stereocenters. The van der Waals surface area contributed by atoms with Gasteiger partial charge in [0, 0.05) is 13.1 Å². The molecule has 0 aromatic carbocycles. The molecular formula is C10H20N2O2. The van der Waals surface area contributed by atoms with Gasteiger partial charge in [0.05, 0.1) is 0 Å². The quantitative estimate of drug-likeness (QED) is 0.657. The van der Waals surface area contributed by atoms with Crippen LogP contribution in [0.2, 0.25) is 0 Å². The van der Waals surface area contributed by atoms with Gasteiger partial charge in [-0.25, -0.2) is 0 Å². The molecule has 14 heavy (non-hydrogen) atoms. The molecule has 1 amide bonds. The molecule has 1 rings (SSSR count). The van der Waals surface area contributed by atoms with Gasteiger partial charge in [0.15, 0.2) is 0 Å². The number of nitrogens with two attached hydrogens (primary N) is 1. The number of nitrogens with zero attached hydrogens (tertiary/aromatic N) is 1. The van der Waals surface area contributed by atoms with Gasteiger partial charge in [-0.1, -0.05) is 0 Å². The minimum absolute atomic E-state index is 0.173. The van der Waals surface area contributed by atoms with Crippen molar-refractivity contribution >= 4 is 5.91 Å². The van der Waals surface area contributed by atoms with E-state index in [1.807, 2.05) is 0 Å². The van der Waals surface area contributed by atoms with Gasteiger partial charge in [0.25, 0.3) is 5.91 Å². The minimum Gasteiger partial charge on any atom is -0.381 e. The third-order valence-corrected chi connectivity index (χ3v) is 2.76. The van der Waals surface area contributed by atoms with Crippen molar-refractivity contribution in [1.29, 1.82) is 0 Å². The fourth-order valence-electron chi connectivity index (χ4n) is 1.76. The van der Waals surface area contributed by atoms with Crippen molar-refractivity contribution in [1.82, 2.24) is 4.90 Å². The van der Waals surface area contributed by atoms with Crippen molar-refractivity contribution in [3.05, 3.63) is 0 Å². The fraction of sp³-hybridized carbons (Fsp3) is 0.900. The monoisotopic (exact) mass is 200 g/mol. The van der Waals surface area contributed by atoms with Crippen LogP contribution in [0.4, 0.5) is 0 Å². The van der Waals surface area contributed by atoms with E-state index in [1.54, 1.807) is 4.90 Å². The van der Waals surface area contributed by atoms with Crippen LogP contribution in [-0.2, 0) is 4.79 Å². The Morgan fingerprint density at radius 2 is 2.00 bits per heavy atom. The molecule has 1 aliphatic heterocycles. The molecule has 0 aromatic rings.